The van der Waals surface area contributed by atoms with Crippen molar-refractivity contribution in [2.24, 2.45) is 11.8 Å². The number of nitrogens with zero attached hydrogens (tertiary/aromatic N) is 2. The van der Waals surface area contributed by atoms with Crippen molar-refractivity contribution in [2.45, 2.75) is 40.4 Å². The molecular formula is C20H25F3N4O2. The molecule has 0 fully saturated rings. The minimum Gasteiger partial charge on any atom is -0.352 e. The molecule has 1 atom stereocenters. The van der Waals surface area contributed by atoms with Gasteiger partial charge in [-0.2, -0.15) is 18.3 Å². The molecule has 1 heterocycles. The van der Waals surface area contributed by atoms with Crippen molar-refractivity contribution >= 4 is 17.5 Å². The standard InChI is InChI=1S/C20H25F3N4O2/c1-12(2)18(28)25-16-7-5-6-15(9-16)19(29)24-10-13(3)11-27-17(20(21,22)23)8-14(4)26-27/h5-9,12-13H,10-11H2,1-4H3,(H,24,29)(H,25,28). The van der Waals surface area contributed by atoms with Crippen LogP contribution in [0.2, 0.25) is 0 Å². The Morgan fingerprint density at radius 1 is 1.17 bits per heavy atom. The summed E-state index contributed by atoms with van der Waals surface area (Å²) in [6.07, 6.45) is -4.48. The smallest absolute Gasteiger partial charge is 0.352 e. The summed E-state index contributed by atoms with van der Waals surface area (Å²) in [6.45, 7) is 6.96. The Bertz CT molecular complexity index is 875. The van der Waals surface area contributed by atoms with Crippen LogP contribution in [-0.2, 0) is 17.5 Å². The Hall–Kier alpha value is -2.84. The van der Waals surface area contributed by atoms with Crippen LogP contribution >= 0.6 is 0 Å². The fraction of sp³-hybridized carbons (Fsp3) is 0.450. The average Bonchev–Trinajstić information content (AvgIpc) is 3.00. The van der Waals surface area contributed by atoms with E-state index < -0.39 is 11.9 Å². The highest BCUT2D eigenvalue weighted by atomic mass is 19.4. The number of halogens is 3. The molecule has 0 bridgehead atoms. The summed E-state index contributed by atoms with van der Waals surface area (Å²) in [4.78, 5) is 24.2. The van der Waals surface area contributed by atoms with Gasteiger partial charge >= 0.3 is 6.18 Å². The van der Waals surface area contributed by atoms with Gasteiger partial charge in [0.2, 0.25) is 5.91 Å². The summed E-state index contributed by atoms with van der Waals surface area (Å²) >= 11 is 0. The highest BCUT2D eigenvalue weighted by Crippen LogP contribution is 2.30. The third-order valence-electron chi connectivity index (χ3n) is 4.20. The van der Waals surface area contributed by atoms with Crippen LogP contribution < -0.4 is 10.6 Å². The minimum atomic E-state index is -4.48. The second kappa shape index (κ2) is 9.11. The van der Waals surface area contributed by atoms with Crippen molar-refractivity contribution in [3.63, 3.8) is 0 Å². The van der Waals surface area contributed by atoms with Crippen LogP contribution in [0.15, 0.2) is 30.3 Å². The zero-order chi connectivity index (χ0) is 21.8. The second-order valence-electron chi connectivity index (χ2n) is 7.39. The molecule has 2 rings (SSSR count). The van der Waals surface area contributed by atoms with E-state index >= 15 is 0 Å². The van der Waals surface area contributed by atoms with E-state index in [0.29, 0.717) is 11.3 Å². The largest absolute Gasteiger partial charge is 0.433 e. The maximum absolute atomic E-state index is 13.1. The highest BCUT2D eigenvalue weighted by Gasteiger charge is 2.35. The summed E-state index contributed by atoms with van der Waals surface area (Å²) in [6, 6.07) is 7.49. The van der Waals surface area contributed by atoms with Gasteiger partial charge in [-0.3, -0.25) is 14.3 Å². The summed E-state index contributed by atoms with van der Waals surface area (Å²) in [5.74, 6) is -1.000. The van der Waals surface area contributed by atoms with Crippen LogP contribution in [0.5, 0.6) is 0 Å². The number of amides is 2. The molecule has 0 saturated heterocycles. The van der Waals surface area contributed by atoms with E-state index in [0.717, 1.165) is 10.7 Å². The van der Waals surface area contributed by atoms with E-state index in [1.807, 2.05) is 0 Å². The van der Waals surface area contributed by atoms with E-state index in [9.17, 15) is 22.8 Å². The topological polar surface area (TPSA) is 76.0 Å². The molecular weight excluding hydrogens is 385 g/mol. The molecule has 0 saturated carbocycles. The summed E-state index contributed by atoms with van der Waals surface area (Å²) in [5, 5.41) is 9.33. The fourth-order valence-electron chi connectivity index (χ4n) is 2.67. The number of anilines is 1. The van der Waals surface area contributed by atoms with Gasteiger partial charge in [-0.25, -0.2) is 0 Å². The molecule has 2 amide bonds. The summed E-state index contributed by atoms with van der Waals surface area (Å²) < 4.78 is 40.1. The number of rotatable bonds is 7. The zero-order valence-electron chi connectivity index (χ0n) is 16.8. The number of nitrogens with one attached hydrogen (secondary N) is 2. The lowest BCUT2D eigenvalue weighted by Gasteiger charge is -2.16. The van der Waals surface area contributed by atoms with Crippen molar-refractivity contribution in [1.82, 2.24) is 15.1 Å². The molecule has 1 aromatic carbocycles. The molecule has 0 aliphatic rings. The van der Waals surface area contributed by atoms with E-state index in [1.54, 1.807) is 45.0 Å². The maximum Gasteiger partial charge on any atom is 0.433 e. The average molecular weight is 410 g/mol. The van der Waals surface area contributed by atoms with Crippen LogP contribution in [0, 0.1) is 18.8 Å². The predicted molar refractivity (Wildman–Crippen MR) is 103 cm³/mol. The van der Waals surface area contributed by atoms with Gasteiger partial charge in [0.25, 0.3) is 5.91 Å². The Kier molecular flexibility index (Phi) is 7.05. The van der Waals surface area contributed by atoms with E-state index in [1.165, 1.54) is 6.92 Å². The number of carbonyl (C=O) groups excluding carboxylic acids is 2. The van der Waals surface area contributed by atoms with Crippen molar-refractivity contribution in [1.29, 1.82) is 0 Å². The lowest BCUT2D eigenvalue weighted by molar-refractivity contribution is -0.144. The third-order valence-corrected chi connectivity index (χ3v) is 4.20. The summed E-state index contributed by atoms with van der Waals surface area (Å²) in [5.41, 5.74) is 0.339. The Morgan fingerprint density at radius 2 is 1.86 bits per heavy atom. The van der Waals surface area contributed by atoms with Gasteiger partial charge in [-0.05, 0) is 37.1 Å². The monoisotopic (exact) mass is 410 g/mol. The third kappa shape index (κ3) is 6.33. The molecule has 158 valence electrons. The molecule has 1 unspecified atom stereocenters. The van der Waals surface area contributed by atoms with Crippen LogP contribution in [0.1, 0.15) is 42.5 Å². The van der Waals surface area contributed by atoms with Gasteiger partial charge in [0.05, 0.1) is 5.69 Å². The number of hydrogen-bond donors (Lipinski definition) is 2. The SMILES string of the molecule is Cc1cc(C(F)(F)F)n(CC(C)CNC(=O)c2cccc(NC(=O)C(C)C)c2)n1. The van der Waals surface area contributed by atoms with Gasteiger partial charge in [-0.15, -0.1) is 0 Å². The van der Waals surface area contributed by atoms with Crippen molar-refractivity contribution in [2.75, 3.05) is 11.9 Å². The molecule has 2 N–H and O–H groups in total. The predicted octanol–water partition coefficient (Wildman–Crippen LogP) is 3.87. The first-order valence-electron chi connectivity index (χ1n) is 9.28. The fourth-order valence-corrected chi connectivity index (χ4v) is 2.67. The molecule has 0 aliphatic carbocycles. The van der Waals surface area contributed by atoms with Crippen molar-refractivity contribution in [3.05, 3.63) is 47.3 Å². The molecule has 29 heavy (non-hydrogen) atoms. The van der Waals surface area contributed by atoms with Crippen molar-refractivity contribution < 1.29 is 22.8 Å². The number of aromatic nitrogens is 2. The molecule has 0 aliphatic heterocycles. The van der Waals surface area contributed by atoms with Crippen LogP contribution in [-0.4, -0.2) is 28.1 Å². The normalized spacial score (nSPS) is 12.7. The van der Waals surface area contributed by atoms with E-state index in [4.69, 9.17) is 0 Å². The molecule has 6 nitrogen and oxygen atoms in total. The lowest BCUT2D eigenvalue weighted by Crippen LogP contribution is -2.31. The van der Waals surface area contributed by atoms with Gasteiger partial charge in [0.15, 0.2) is 0 Å². The number of aryl methyl sites for hydroxylation is 1. The van der Waals surface area contributed by atoms with Crippen LogP contribution in [0.25, 0.3) is 0 Å². The number of hydrogen-bond acceptors (Lipinski definition) is 3. The molecule has 0 radical (unpaired) electrons. The van der Waals surface area contributed by atoms with Crippen LogP contribution in [0.4, 0.5) is 18.9 Å². The number of alkyl halides is 3. The zero-order valence-corrected chi connectivity index (χ0v) is 16.8. The van der Waals surface area contributed by atoms with E-state index in [-0.39, 0.29) is 42.4 Å². The second-order valence-corrected chi connectivity index (χ2v) is 7.39. The summed E-state index contributed by atoms with van der Waals surface area (Å²) in [7, 11) is 0. The Labute approximate surface area is 167 Å². The van der Waals surface area contributed by atoms with Gasteiger partial charge in [0.1, 0.15) is 5.69 Å². The maximum atomic E-state index is 13.1. The van der Waals surface area contributed by atoms with Crippen molar-refractivity contribution in [3.8, 4) is 0 Å². The minimum absolute atomic E-state index is 0.0213. The molecule has 2 aromatic rings. The number of carbonyl (C=O) groups is 2. The quantitative estimate of drug-likeness (QED) is 0.728. The first-order valence-corrected chi connectivity index (χ1v) is 9.28. The van der Waals surface area contributed by atoms with Crippen LogP contribution in [0.3, 0.4) is 0 Å². The first kappa shape index (κ1) is 22.4. The Morgan fingerprint density at radius 3 is 2.48 bits per heavy atom. The lowest BCUT2D eigenvalue weighted by atomic mass is 10.1. The number of benzene rings is 1. The van der Waals surface area contributed by atoms with Gasteiger partial charge in [0, 0.05) is 30.3 Å². The van der Waals surface area contributed by atoms with Gasteiger partial charge < -0.3 is 10.6 Å². The molecule has 1 aromatic heterocycles. The molecule has 0 spiro atoms. The Balaban J connectivity index is 1.97. The highest BCUT2D eigenvalue weighted by molar-refractivity contribution is 5.97. The van der Waals surface area contributed by atoms with Gasteiger partial charge in [-0.1, -0.05) is 26.8 Å². The van der Waals surface area contributed by atoms with E-state index in [2.05, 4.69) is 15.7 Å². The first-order chi connectivity index (χ1) is 13.5. The molecule has 9 heteroatoms.